The molecule has 0 radical (unpaired) electrons. The Morgan fingerprint density at radius 3 is 2.48 bits per heavy atom. The minimum atomic E-state index is -0.192. The minimum absolute atomic E-state index is 0.179. The van der Waals surface area contributed by atoms with E-state index in [1.807, 2.05) is 54.6 Å². The van der Waals surface area contributed by atoms with Crippen LogP contribution in [0.15, 0.2) is 77.8 Å². The molecule has 1 amide bonds. The third-order valence-electron chi connectivity index (χ3n) is 4.17. The van der Waals surface area contributed by atoms with Crippen LogP contribution in [0, 0.1) is 0 Å². The number of nitrogens with one attached hydrogen (secondary N) is 1. The predicted octanol–water partition coefficient (Wildman–Crippen LogP) is 6.33. The van der Waals surface area contributed by atoms with E-state index in [0.29, 0.717) is 21.6 Å². The standard InChI is InChI=1S/C22H15Cl2N3OS/c23-16-10-6-12-18(20(16)24)25-19(28)13-29-22-15-9-4-5-11-17(15)26-21(27-22)14-7-2-1-3-8-14/h1-12H,13H2,(H,25,28). The van der Waals surface area contributed by atoms with Crippen molar-refractivity contribution in [3.8, 4) is 11.4 Å². The summed E-state index contributed by atoms with van der Waals surface area (Å²) in [5.74, 6) is 0.617. The zero-order valence-corrected chi connectivity index (χ0v) is 17.4. The van der Waals surface area contributed by atoms with E-state index in [4.69, 9.17) is 28.2 Å². The van der Waals surface area contributed by atoms with Gasteiger partial charge in [0.05, 0.1) is 27.0 Å². The van der Waals surface area contributed by atoms with Crippen LogP contribution in [-0.2, 0) is 4.79 Å². The van der Waals surface area contributed by atoms with Crippen LogP contribution in [0.2, 0.25) is 10.0 Å². The number of carbonyl (C=O) groups is 1. The molecule has 0 fully saturated rings. The van der Waals surface area contributed by atoms with Gasteiger partial charge in [0.2, 0.25) is 5.91 Å². The lowest BCUT2D eigenvalue weighted by Crippen LogP contribution is -2.14. The van der Waals surface area contributed by atoms with Crippen LogP contribution in [0.25, 0.3) is 22.3 Å². The second kappa shape index (κ2) is 8.82. The molecular formula is C22H15Cl2N3OS. The first-order chi connectivity index (χ1) is 14.1. The summed E-state index contributed by atoms with van der Waals surface area (Å²) >= 11 is 13.5. The molecule has 144 valence electrons. The van der Waals surface area contributed by atoms with Crippen molar-refractivity contribution < 1.29 is 4.79 Å². The predicted molar refractivity (Wildman–Crippen MR) is 121 cm³/mol. The molecule has 1 N–H and O–H groups in total. The molecule has 3 aromatic carbocycles. The maximum absolute atomic E-state index is 12.5. The van der Waals surface area contributed by atoms with Crippen LogP contribution >= 0.6 is 35.0 Å². The van der Waals surface area contributed by atoms with Crippen molar-refractivity contribution in [1.29, 1.82) is 0 Å². The number of anilines is 1. The summed E-state index contributed by atoms with van der Waals surface area (Å²) in [5, 5.41) is 5.18. The smallest absolute Gasteiger partial charge is 0.234 e. The van der Waals surface area contributed by atoms with Gasteiger partial charge in [-0.1, -0.05) is 89.6 Å². The number of hydrogen-bond donors (Lipinski definition) is 1. The normalized spacial score (nSPS) is 10.8. The molecule has 0 saturated carbocycles. The van der Waals surface area contributed by atoms with Crippen LogP contribution in [-0.4, -0.2) is 21.6 Å². The lowest BCUT2D eigenvalue weighted by molar-refractivity contribution is -0.113. The Morgan fingerprint density at radius 2 is 1.66 bits per heavy atom. The highest BCUT2D eigenvalue weighted by Crippen LogP contribution is 2.31. The van der Waals surface area contributed by atoms with Gasteiger partial charge in [0.15, 0.2) is 5.82 Å². The Balaban J connectivity index is 1.58. The quantitative estimate of drug-likeness (QED) is 0.291. The van der Waals surface area contributed by atoms with Gasteiger partial charge in [-0.2, -0.15) is 0 Å². The maximum Gasteiger partial charge on any atom is 0.234 e. The summed E-state index contributed by atoms with van der Waals surface area (Å²) in [6.07, 6.45) is 0. The van der Waals surface area contributed by atoms with Gasteiger partial charge >= 0.3 is 0 Å². The highest BCUT2D eigenvalue weighted by atomic mass is 35.5. The molecule has 0 atom stereocenters. The maximum atomic E-state index is 12.5. The minimum Gasteiger partial charge on any atom is -0.324 e. The highest BCUT2D eigenvalue weighted by Gasteiger charge is 2.13. The van der Waals surface area contributed by atoms with Crippen molar-refractivity contribution in [2.75, 3.05) is 11.1 Å². The molecule has 4 nitrogen and oxygen atoms in total. The number of thioether (sulfide) groups is 1. The summed E-state index contributed by atoms with van der Waals surface area (Å²) in [4.78, 5) is 21.8. The van der Waals surface area contributed by atoms with Crippen molar-refractivity contribution in [2.45, 2.75) is 5.03 Å². The Bertz CT molecular complexity index is 1190. The van der Waals surface area contributed by atoms with E-state index in [-0.39, 0.29) is 11.7 Å². The second-order valence-corrected chi connectivity index (χ2v) is 7.92. The molecule has 29 heavy (non-hydrogen) atoms. The first kappa shape index (κ1) is 19.7. The number of amides is 1. The van der Waals surface area contributed by atoms with E-state index < -0.39 is 0 Å². The van der Waals surface area contributed by atoms with Crippen LogP contribution < -0.4 is 5.32 Å². The van der Waals surface area contributed by atoms with Crippen molar-refractivity contribution in [2.24, 2.45) is 0 Å². The van der Waals surface area contributed by atoms with E-state index >= 15 is 0 Å². The fourth-order valence-corrected chi connectivity index (χ4v) is 3.96. The Morgan fingerprint density at radius 1 is 0.897 bits per heavy atom. The molecule has 4 rings (SSSR count). The van der Waals surface area contributed by atoms with E-state index in [0.717, 1.165) is 21.5 Å². The SMILES string of the molecule is O=C(CSc1nc(-c2ccccc2)nc2ccccc12)Nc1cccc(Cl)c1Cl. The molecule has 0 aliphatic heterocycles. The number of carbonyl (C=O) groups excluding carboxylic acids is 1. The summed E-state index contributed by atoms with van der Waals surface area (Å²) in [6, 6.07) is 22.7. The topological polar surface area (TPSA) is 54.9 Å². The summed E-state index contributed by atoms with van der Waals surface area (Å²) in [5.41, 5.74) is 2.25. The van der Waals surface area contributed by atoms with Gasteiger partial charge in [0.1, 0.15) is 5.03 Å². The summed E-state index contributed by atoms with van der Waals surface area (Å²) < 4.78 is 0. The summed E-state index contributed by atoms with van der Waals surface area (Å²) in [6.45, 7) is 0. The average molecular weight is 440 g/mol. The van der Waals surface area contributed by atoms with Crippen molar-refractivity contribution in [3.05, 3.63) is 82.8 Å². The number of fused-ring (bicyclic) bond motifs is 1. The fraction of sp³-hybridized carbons (Fsp3) is 0.0455. The van der Waals surface area contributed by atoms with Gasteiger partial charge in [-0.15, -0.1) is 0 Å². The molecule has 4 aromatic rings. The lowest BCUT2D eigenvalue weighted by atomic mass is 10.2. The number of halogens is 2. The van der Waals surface area contributed by atoms with Crippen molar-refractivity contribution in [1.82, 2.24) is 9.97 Å². The van der Waals surface area contributed by atoms with Crippen LogP contribution in [0.3, 0.4) is 0 Å². The third-order valence-corrected chi connectivity index (χ3v) is 5.98. The molecule has 0 bridgehead atoms. The van der Waals surface area contributed by atoms with Crippen molar-refractivity contribution >= 4 is 57.5 Å². The molecule has 1 aromatic heterocycles. The number of rotatable bonds is 5. The molecule has 7 heteroatoms. The Hall–Kier alpha value is -2.60. The van der Waals surface area contributed by atoms with E-state index in [1.54, 1.807) is 18.2 Å². The second-order valence-electron chi connectivity index (χ2n) is 6.17. The van der Waals surface area contributed by atoms with Gasteiger partial charge in [-0.25, -0.2) is 9.97 Å². The van der Waals surface area contributed by atoms with Crippen LogP contribution in [0.5, 0.6) is 0 Å². The number of nitrogens with zero attached hydrogens (tertiary/aromatic N) is 2. The molecule has 0 saturated heterocycles. The summed E-state index contributed by atoms with van der Waals surface area (Å²) in [7, 11) is 0. The van der Waals surface area contributed by atoms with Crippen LogP contribution in [0.1, 0.15) is 0 Å². The zero-order chi connectivity index (χ0) is 20.2. The van der Waals surface area contributed by atoms with Gasteiger partial charge in [-0.3, -0.25) is 4.79 Å². The number of para-hydroxylation sites is 1. The Kier molecular flexibility index (Phi) is 6.00. The highest BCUT2D eigenvalue weighted by molar-refractivity contribution is 8.00. The lowest BCUT2D eigenvalue weighted by Gasteiger charge is -2.10. The zero-order valence-electron chi connectivity index (χ0n) is 15.1. The van der Waals surface area contributed by atoms with E-state index in [1.165, 1.54) is 11.8 Å². The third kappa shape index (κ3) is 4.53. The molecule has 0 spiro atoms. The molecule has 0 aliphatic rings. The van der Waals surface area contributed by atoms with E-state index in [9.17, 15) is 4.79 Å². The molecule has 0 aliphatic carbocycles. The monoisotopic (exact) mass is 439 g/mol. The van der Waals surface area contributed by atoms with Crippen molar-refractivity contribution in [3.63, 3.8) is 0 Å². The average Bonchev–Trinajstić information content (AvgIpc) is 2.75. The van der Waals surface area contributed by atoms with Gasteiger partial charge in [0.25, 0.3) is 0 Å². The Labute approximate surface area is 182 Å². The largest absolute Gasteiger partial charge is 0.324 e. The first-order valence-electron chi connectivity index (χ1n) is 8.80. The van der Waals surface area contributed by atoms with E-state index in [2.05, 4.69) is 10.3 Å². The molecule has 0 unspecified atom stereocenters. The fourth-order valence-electron chi connectivity index (χ4n) is 2.79. The molecular weight excluding hydrogens is 425 g/mol. The number of benzene rings is 3. The van der Waals surface area contributed by atoms with Gasteiger partial charge in [-0.05, 0) is 18.2 Å². The first-order valence-corrected chi connectivity index (χ1v) is 10.5. The molecule has 1 heterocycles. The van der Waals surface area contributed by atoms with Gasteiger partial charge < -0.3 is 5.32 Å². The number of aromatic nitrogens is 2. The van der Waals surface area contributed by atoms with Gasteiger partial charge in [0, 0.05) is 10.9 Å². The van der Waals surface area contributed by atoms with Crippen LogP contribution in [0.4, 0.5) is 5.69 Å². The number of hydrogen-bond acceptors (Lipinski definition) is 4.